The molecular weight excluding hydrogens is 442 g/mol. The van der Waals surface area contributed by atoms with E-state index >= 15 is 0 Å². The molecule has 0 unspecified atom stereocenters. The second kappa shape index (κ2) is 12.2. The Bertz CT molecular complexity index is 962. The standard InChI is InChI=1S/C24H29N3O5S/c1-32-22-11-10-20(16-21(22)27(30)31)17-33-18-24(29)26-14-12-25(13-15-26)23(28)9-5-8-19-6-3-2-4-7-19/h2-4,6-7,10-11,16H,5,8-9,12-15,17-18H2,1H3. The molecule has 0 radical (unpaired) electrons. The van der Waals surface area contributed by atoms with Crippen LogP contribution in [0.4, 0.5) is 5.69 Å². The Morgan fingerprint density at radius 1 is 1.00 bits per heavy atom. The molecule has 176 valence electrons. The van der Waals surface area contributed by atoms with Gasteiger partial charge < -0.3 is 14.5 Å². The van der Waals surface area contributed by atoms with Crippen molar-refractivity contribution >= 4 is 29.3 Å². The molecular formula is C24H29N3O5S. The third kappa shape index (κ3) is 7.21. The van der Waals surface area contributed by atoms with Crippen molar-refractivity contribution in [3.8, 4) is 5.75 Å². The van der Waals surface area contributed by atoms with Crippen LogP contribution in [-0.4, -0.2) is 65.6 Å². The second-order valence-corrected chi connectivity index (χ2v) is 8.84. The van der Waals surface area contributed by atoms with E-state index in [1.54, 1.807) is 17.0 Å². The summed E-state index contributed by atoms with van der Waals surface area (Å²) < 4.78 is 5.01. The zero-order valence-electron chi connectivity index (χ0n) is 18.8. The second-order valence-electron chi connectivity index (χ2n) is 7.86. The van der Waals surface area contributed by atoms with Crippen LogP contribution < -0.4 is 4.74 Å². The van der Waals surface area contributed by atoms with Crippen LogP contribution >= 0.6 is 11.8 Å². The lowest BCUT2D eigenvalue weighted by molar-refractivity contribution is -0.385. The van der Waals surface area contributed by atoms with Crippen LogP contribution in [0, 0.1) is 10.1 Å². The molecule has 2 aromatic carbocycles. The molecule has 9 heteroatoms. The summed E-state index contributed by atoms with van der Waals surface area (Å²) in [7, 11) is 1.40. The van der Waals surface area contributed by atoms with E-state index in [2.05, 4.69) is 12.1 Å². The molecule has 1 fully saturated rings. The van der Waals surface area contributed by atoms with Crippen molar-refractivity contribution in [3.63, 3.8) is 0 Å². The smallest absolute Gasteiger partial charge is 0.311 e. The summed E-state index contributed by atoms with van der Waals surface area (Å²) in [5, 5.41) is 11.1. The van der Waals surface area contributed by atoms with Crippen LogP contribution in [0.2, 0.25) is 0 Å². The van der Waals surface area contributed by atoms with Gasteiger partial charge in [0.25, 0.3) is 0 Å². The van der Waals surface area contributed by atoms with Crippen molar-refractivity contribution in [3.05, 3.63) is 69.8 Å². The molecule has 8 nitrogen and oxygen atoms in total. The molecule has 33 heavy (non-hydrogen) atoms. The maximum atomic E-state index is 12.5. The number of carbonyl (C=O) groups excluding carboxylic acids is 2. The van der Waals surface area contributed by atoms with Crippen LogP contribution in [-0.2, 0) is 21.8 Å². The van der Waals surface area contributed by atoms with Crippen LogP contribution in [0.5, 0.6) is 5.75 Å². The summed E-state index contributed by atoms with van der Waals surface area (Å²) in [6, 6.07) is 15.0. The first-order valence-electron chi connectivity index (χ1n) is 11.0. The van der Waals surface area contributed by atoms with Gasteiger partial charge in [-0.15, -0.1) is 11.8 Å². The van der Waals surface area contributed by atoms with E-state index in [1.165, 1.54) is 30.5 Å². The molecule has 0 atom stereocenters. The molecule has 0 N–H and O–H groups in total. The van der Waals surface area contributed by atoms with Gasteiger partial charge in [-0.3, -0.25) is 19.7 Å². The van der Waals surface area contributed by atoms with Gasteiger partial charge in [-0.1, -0.05) is 36.4 Å². The highest BCUT2D eigenvalue weighted by molar-refractivity contribution is 7.99. The maximum Gasteiger partial charge on any atom is 0.311 e. The van der Waals surface area contributed by atoms with Gasteiger partial charge in [0, 0.05) is 44.4 Å². The Morgan fingerprint density at radius 2 is 1.67 bits per heavy atom. The van der Waals surface area contributed by atoms with Gasteiger partial charge in [-0.25, -0.2) is 0 Å². The summed E-state index contributed by atoms with van der Waals surface area (Å²) in [5.74, 6) is 1.19. The third-order valence-electron chi connectivity index (χ3n) is 5.62. The van der Waals surface area contributed by atoms with Crippen molar-refractivity contribution in [2.24, 2.45) is 0 Å². The molecule has 1 aliphatic heterocycles. The van der Waals surface area contributed by atoms with Gasteiger partial charge in [-0.2, -0.15) is 0 Å². The number of thioether (sulfide) groups is 1. The molecule has 2 amide bonds. The molecule has 0 aromatic heterocycles. The van der Waals surface area contributed by atoms with Gasteiger partial charge in [-0.05, 0) is 30.0 Å². The highest BCUT2D eigenvalue weighted by Gasteiger charge is 2.24. The Hall–Kier alpha value is -3.07. The fourth-order valence-electron chi connectivity index (χ4n) is 3.77. The molecule has 0 aliphatic carbocycles. The Kier molecular flexibility index (Phi) is 9.12. The van der Waals surface area contributed by atoms with Gasteiger partial charge in [0.05, 0.1) is 17.8 Å². The molecule has 2 aromatic rings. The predicted molar refractivity (Wildman–Crippen MR) is 128 cm³/mol. The number of benzene rings is 2. The first kappa shape index (κ1) is 24.6. The quantitative estimate of drug-likeness (QED) is 0.389. The number of nitro groups is 1. The number of hydrogen-bond donors (Lipinski definition) is 0. The first-order chi connectivity index (χ1) is 16.0. The van der Waals surface area contributed by atoms with Crippen molar-refractivity contribution in [2.75, 3.05) is 39.0 Å². The SMILES string of the molecule is COc1ccc(CSCC(=O)N2CCN(C(=O)CCCc3ccccc3)CC2)cc1[N+](=O)[O-]. The number of ether oxygens (including phenoxy) is 1. The summed E-state index contributed by atoms with van der Waals surface area (Å²) in [6.45, 7) is 2.20. The van der Waals surface area contributed by atoms with Gasteiger partial charge in [0.2, 0.25) is 11.8 Å². The Labute approximate surface area is 198 Å². The lowest BCUT2D eigenvalue weighted by atomic mass is 10.1. The summed E-state index contributed by atoms with van der Waals surface area (Å²) in [5.41, 5.74) is 1.93. The zero-order chi connectivity index (χ0) is 23.6. The number of amides is 2. The summed E-state index contributed by atoms with van der Waals surface area (Å²) >= 11 is 1.42. The van der Waals surface area contributed by atoms with Crippen LogP contribution in [0.1, 0.15) is 24.0 Å². The minimum Gasteiger partial charge on any atom is -0.490 e. The largest absolute Gasteiger partial charge is 0.490 e. The zero-order valence-corrected chi connectivity index (χ0v) is 19.6. The minimum atomic E-state index is -0.472. The first-order valence-corrected chi connectivity index (χ1v) is 12.1. The highest BCUT2D eigenvalue weighted by Crippen LogP contribution is 2.29. The number of carbonyl (C=O) groups is 2. The molecule has 0 saturated carbocycles. The lowest BCUT2D eigenvalue weighted by Gasteiger charge is -2.35. The van der Waals surface area contributed by atoms with Crippen molar-refractivity contribution in [2.45, 2.75) is 25.0 Å². The number of piperazine rings is 1. The van der Waals surface area contributed by atoms with Gasteiger partial charge in [0.1, 0.15) is 0 Å². The number of methoxy groups -OCH3 is 1. The van der Waals surface area contributed by atoms with E-state index in [9.17, 15) is 19.7 Å². The van der Waals surface area contributed by atoms with Gasteiger partial charge >= 0.3 is 5.69 Å². The van der Waals surface area contributed by atoms with E-state index in [0.29, 0.717) is 44.1 Å². The fraction of sp³-hybridized carbons (Fsp3) is 0.417. The van der Waals surface area contributed by atoms with E-state index in [4.69, 9.17) is 4.74 Å². The third-order valence-corrected chi connectivity index (χ3v) is 6.61. The molecule has 1 aliphatic rings. The number of nitrogens with zero attached hydrogens (tertiary/aromatic N) is 3. The number of rotatable bonds is 10. The topological polar surface area (TPSA) is 93.0 Å². The average Bonchev–Trinajstić information content (AvgIpc) is 2.84. The highest BCUT2D eigenvalue weighted by atomic mass is 32.2. The van der Waals surface area contributed by atoms with Crippen LogP contribution in [0.3, 0.4) is 0 Å². The summed E-state index contributed by atoms with van der Waals surface area (Å²) in [4.78, 5) is 39.3. The number of nitro benzene ring substituents is 1. The van der Waals surface area contributed by atoms with Crippen molar-refractivity contribution < 1.29 is 19.2 Å². The van der Waals surface area contributed by atoms with Crippen molar-refractivity contribution in [1.82, 2.24) is 9.80 Å². The van der Waals surface area contributed by atoms with E-state index in [1.807, 2.05) is 23.1 Å². The maximum absolute atomic E-state index is 12.5. The van der Waals surface area contributed by atoms with E-state index in [0.717, 1.165) is 18.4 Å². The van der Waals surface area contributed by atoms with Gasteiger partial charge in [0.15, 0.2) is 5.75 Å². The lowest BCUT2D eigenvalue weighted by Crippen LogP contribution is -2.51. The number of aryl methyl sites for hydroxylation is 1. The molecule has 3 rings (SSSR count). The van der Waals surface area contributed by atoms with E-state index in [-0.39, 0.29) is 23.3 Å². The fourth-order valence-corrected chi connectivity index (χ4v) is 4.64. The summed E-state index contributed by atoms with van der Waals surface area (Å²) in [6.07, 6.45) is 2.23. The Morgan fingerprint density at radius 3 is 2.30 bits per heavy atom. The molecule has 1 saturated heterocycles. The minimum absolute atomic E-state index is 0.0270. The Balaban J connectivity index is 1.36. The monoisotopic (exact) mass is 471 g/mol. The number of hydrogen-bond acceptors (Lipinski definition) is 6. The van der Waals surface area contributed by atoms with Crippen LogP contribution in [0.25, 0.3) is 0 Å². The molecule has 0 spiro atoms. The van der Waals surface area contributed by atoms with E-state index < -0.39 is 4.92 Å². The van der Waals surface area contributed by atoms with Crippen LogP contribution in [0.15, 0.2) is 48.5 Å². The average molecular weight is 472 g/mol. The molecule has 0 bridgehead atoms. The normalized spacial score (nSPS) is 13.6. The molecule has 1 heterocycles. The van der Waals surface area contributed by atoms with Crippen molar-refractivity contribution in [1.29, 1.82) is 0 Å². The predicted octanol–water partition coefficient (Wildman–Crippen LogP) is 3.53.